The average molecular weight is 284 g/mol. The number of hydrogen-bond donors (Lipinski definition) is 2. The molecule has 0 aromatic carbocycles. The molecule has 1 aliphatic rings. The van der Waals surface area contributed by atoms with Gasteiger partial charge in [0.2, 0.25) is 0 Å². The van der Waals surface area contributed by atoms with E-state index >= 15 is 0 Å². The van der Waals surface area contributed by atoms with E-state index in [1.807, 2.05) is 6.07 Å². The van der Waals surface area contributed by atoms with E-state index in [-0.39, 0.29) is 6.03 Å². The zero-order chi connectivity index (χ0) is 13.8. The van der Waals surface area contributed by atoms with Crippen LogP contribution in [0, 0.1) is 5.92 Å². The molecule has 0 aliphatic heterocycles. The molecule has 0 saturated heterocycles. The number of hydrogen-bond acceptors (Lipinski definition) is 3. The molecule has 1 aliphatic carbocycles. The molecule has 2 N–H and O–H groups in total. The number of amides is 2. The van der Waals surface area contributed by atoms with Crippen LogP contribution in [0.1, 0.15) is 18.4 Å². The third-order valence-electron chi connectivity index (χ3n) is 3.21. The van der Waals surface area contributed by atoms with Gasteiger partial charge in [0.15, 0.2) is 0 Å². The molecule has 0 bridgehead atoms. The number of nitrogens with one attached hydrogen (secondary N) is 1. The van der Waals surface area contributed by atoms with Gasteiger partial charge in [-0.1, -0.05) is 17.7 Å². The maximum Gasteiger partial charge on any atom is 0.317 e. The highest BCUT2D eigenvalue weighted by Gasteiger charge is 2.31. The second-order valence-electron chi connectivity index (χ2n) is 4.93. The first kappa shape index (κ1) is 14.1. The van der Waals surface area contributed by atoms with E-state index in [0.717, 1.165) is 18.4 Å². The van der Waals surface area contributed by atoms with Crippen molar-refractivity contribution in [3.63, 3.8) is 0 Å². The van der Waals surface area contributed by atoms with E-state index in [4.69, 9.17) is 11.6 Å². The zero-order valence-corrected chi connectivity index (χ0v) is 11.6. The summed E-state index contributed by atoms with van der Waals surface area (Å²) in [6, 6.07) is 3.30. The summed E-state index contributed by atoms with van der Waals surface area (Å²) in [5.74, 6) is 0.371. The molecule has 1 unspecified atom stereocenters. The van der Waals surface area contributed by atoms with Crippen LogP contribution in [0.25, 0.3) is 0 Å². The SMILES string of the molecule is CN(CC(O)C1CC1)C(=O)NCc1ccc(Cl)nc1. The second kappa shape index (κ2) is 6.21. The molecular weight excluding hydrogens is 266 g/mol. The first-order valence-corrected chi connectivity index (χ1v) is 6.71. The summed E-state index contributed by atoms with van der Waals surface area (Å²) in [5.41, 5.74) is 0.883. The minimum Gasteiger partial charge on any atom is -0.391 e. The van der Waals surface area contributed by atoms with Crippen LogP contribution in [0.5, 0.6) is 0 Å². The predicted molar refractivity (Wildman–Crippen MR) is 72.8 cm³/mol. The molecule has 1 aromatic rings. The number of urea groups is 1. The van der Waals surface area contributed by atoms with Crippen LogP contribution < -0.4 is 5.32 Å². The Morgan fingerprint density at radius 1 is 1.63 bits per heavy atom. The molecule has 104 valence electrons. The van der Waals surface area contributed by atoms with Gasteiger partial charge in [0, 0.05) is 26.3 Å². The lowest BCUT2D eigenvalue weighted by Gasteiger charge is -2.21. The van der Waals surface area contributed by atoms with Crippen LogP contribution in [0.15, 0.2) is 18.3 Å². The number of nitrogens with zero attached hydrogens (tertiary/aromatic N) is 2. The first-order chi connectivity index (χ1) is 9.06. The lowest BCUT2D eigenvalue weighted by Crippen LogP contribution is -2.41. The standard InChI is InChI=1S/C13H18ClN3O2/c1-17(8-11(18)10-3-4-10)13(19)16-7-9-2-5-12(14)15-6-9/h2,5-6,10-11,18H,3-4,7-8H2,1H3,(H,16,19). The van der Waals surface area contributed by atoms with Gasteiger partial charge in [0.25, 0.3) is 0 Å². The Hall–Kier alpha value is -1.33. The molecule has 2 rings (SSSR count). The number of rotatable bonds is 5. The number of aromatic nitrogens is 1. The van der Waals surface area contributed by atoms with Crippen LogP contribution in [-0.4, -0.2) is 40.7 Å². The molecular formula is C13H18ClN3O2. The second-order valence-corrected chi connectivity index (χ2v) is 5.32. The Kier molecular flexibility index (Phi) is 4.61. The zero-order valence-electron chi connectivity index (χ0n) is 10.8. The molecule has 1 atom stereocenters. The van der Waals surface area contributed by atoms with Gasteiger partial charge in [-0.3, -0.25) is 0 Å². The summed E-state index contributed by atoms with van der Waals surface area (Å²) in [4.78, 5) is 17.3. The minimum atomic E-state index is -0.409. The normalized spacial score (nSPS) is 15.9. The number of aliphatic hydroxyl groups excluding tert-OH is 1. The maximum absolute atomic E-state index is 11.8. The van der Waals surface area contributed by atoms with Gasteiger partial charge < -0.3 is 15.3 Å². The van der Waals surface area contributed by atoms with E-state index in [1.54, 1.807) is 19.3 Å². The molecule has 6 heteroatoms. The van der Waals surface area contributed by atoms with Crippen molar-refractivity contribution in [3.8, 4) is 0 Å². The fraction of sp³-hybridized carbons (Fsp3) is 0.538. The molecule has 1 saturated carbocycles. The molecule has 19 heavy (non-hydrogen) atoms. The van der Waals surface area contributed by atoms with Crippen LogP contribution in [0.2, 0.25) is 5.15 Å². The molecule has 2 amide bonds. The van der Waals surface area contributed by atoms with Gasteiger partial charge in [-0.15, -0.1) is 0 Å². The number of pyridine rings is 1. The summed E-state index contributed by atoms with van der Waals surface area (Å²) in [6.45, 7) is 0.766. The highest BCUT2D eigenvalue weighted by molar-refractivity contribution is 6.29. The first-order valence-electron chi connectivity index (χ1n) is 6.33. The molecule has 1 fully saturated rings. The third-order valence-corrected chi connectivity index (χ3v) is 3.43. The van der Waals surface area contributed by atoms with Crippen LogP contribution in [-0.2, 0) is 6.54 Å². The van der Waals surface area contributed by atoms with E-state index in [1.165, 1.54) is 4.90 Å². The van der Waals surface area contributed by atoms with Gasteiger partial charge in [-0.2, -0.15) is 0 Å². The Balaban J connectivity index is 1.75. The molecule has 1 heterocycles. The Labute approximate surface area is 117 Å². The number of aliphatic hydroxyl groups is 1. The summed E-state index contributed by atoms with van der Waals surface area (Å²) >= 11 is 5.68. The van der Waals surface area contributed by atoms with E-state index in [2.05, 4.69) is 10.3 Å². The highest BCUT2D eigenvalue weighted by Crippen LogP contribution is 2.32. The lowest BCUT2D eigenvalue weighted by molar-refractivity contribution is 0.113. The van der Waals surface area contributed by atoms with E-state index in [0.29, 0.717) is 24.2 Å². The third kappa shape index (κ3) is 4.36. The number of likely N-dealkylation sites (N-methyl/N-ethyl adjacent to an activating group) is 1. The summed E-state index contributed by atoms with van der Waals surface area (Å²) in [5, 5.41) is 13.0. The number of halogens is 1. The Morgan fingerprint density at radius 2 is 2.37 bits per heavy atom. The van der Waals surface area contributed by atoms with Crippen molar-refractivity contribution >= 4 is 17.6 Å². The summed E-state index contributed by atoms with van der Waals surface area (Å²) in [6.07, 6.45) is 3.34. The van der Waals surface area contributed by atoms with Crippen molar-refractivity contribution in [2.75, 3.05) is 13.6 Å². The quantitative estimate of drug-likeness (QED) is 0.808. The van der Waals surface area contributed by atoms with Gasteiger partial charge in [-0.25, -0.2) is 9.78 Å². The van der Waals surface area contributed by atoms with Crippen molar-refractivity contribution < 1.29 is 9.90 Å². The lowest BCUT2D eigenvalue weighted by atomic mass is 10.2. The molecule has 0 radical (unpaired) electrons. The number of carbonyl (C=O) groups excluding carboxylic acids is 1. The Morgan fingerprint density at radius 3 is 2.95 bits per heavy atom. The molecule has 1 aromatic heterocycles. The van der Waals surface area contributed by atoms with Crippen molar-refractivity contribution in [1.29, 1.82) is 0 Å². The minimum absolute atomic E-state index is 0.199. The van der Waals surface area contributed by atoms with Crippen LogP contribution in [0.3, 0.4) is 0 Å². The van der Waals surface area contributed by atoms with Crippen molar-refractivity contribution in [3.05, 3.63) is 29.0 Å². The summed E-state index contributed by atoms with van der Waals surface area (Å²) in [7, 11) is 1.68. The van der Waals surface area contributed by atoms with Crippen LogP contribution in [0.4, 0.5) is 4.79 Å². The van der Waals surface area contributed by atoms with E-state index in [9.17, 15) is 9.90 Å². The van der Waals surface area contributed by atoms with Crippen molar-refractivity contribution in [2.24, 2.45) is 5.92 Å². The highest BCUT2D eigenvalue weighted by atomic mass is 35.5. The van der Waals surface area contributed by atoms with Gasteiger partial charge in [0.1, 0.15) is 5.15 Å². The van der Waals surface area contributed by atoms with E-state index < -0.39 is 6.10 Å². The largest absolute Gasteiger partial charge is 0.391 e. The summed E-state index contributed by atoms with van der Waals surface area (Å²) < 4.78 is 0. The van der Waals surface area contributed by atoms with Crippen LogP contribution >= 0.6 is 11.6 Å². The maximum atomic E-state index is 11.8. The van der Waals surface area contributed by atoms with Gasteiger partial charge in [-0.05, 0) is 30.4 Å². The van der Waals surface area contributed by atoms with Crippen molar-refractivity contribution in [1.82, 2.24) is 15.2 Å². The smallest absolute Gasteiger partial charge is 0.317 e. The van der Waals surface area contributed by atoms with Gasteiger partial charge in [0.05, 0.1) is 6.10 Å². The average Bonchev–Trinajstić information content (AvgIpc) is 3.21. The number of carbonyl (C=O) groups is 1. The Bertz CT molecular complexity index is 434. The molecule has 0 spiro atoms. The van der Waals surface area contributed by atoms with Crippen molar-refractivity contribution in [2.45, 2.75) is 25.5 Å². The fourth-order valence-corrected chi connectivity index (χ4v) is 1.93. The molecule has 5 nitrogen and oxygen atoms in total. The monoisotopic (exact) mass is 283 g/mol. The van der Waals surface area contributed by atoms with Gasteiger partial charge >= 0.3 is 6.03 Å². The fourth-order valence-electron chi connectivity index (χ4n) is 1.82. The predicted octanol–water partition coefficient (Wildman–Crippen LogP) is 1.65. The topological polar surface area (TPSA) is 65.5 Å².